The molecule has 0 bridgehead atoms. The number of nitrogens with one attached hydrogen (secondary N) is 1. The first kappa shape index (κ1) is 12.9. The first-order valence-electron chi connectivity index (χ1n) is 5.34. The lowest BCUT2D eigenvalue weighted by molar-refractivity contribution is 0.908. The van der Waals surface area contributed by atoms with Crippen molar-refractivity contribution in [3.05, 3.63) is 49.6 Å². The van der Waals surface area contributed by atoms with Crippen LogP contribution in [0.2, 0.25) is 4.34 Å². The summed E-state index contributed by atoms with van der Waals surface area (Å²) in [6.45, 7) is 4.21. The van der Waals surface area contributed by atoms with Crippen molar-refractivity contribution in [3.63, 3.8) is 0 Å². The Morgan fingerprint density at radius 3 is 2.65 bits per heavy atom. The molecule has 1 atom stereocenters. The van der Waals surface area contributed by atoms with Crippen LogP contribution in [0.1, 0.15) is 23.4 Å². The molecule has 1 aromatic carbocycles. The second-order valence-electron chi connectivity index (χ2n) is 3.97. The number of anilines is 1. The normalized spacial score (nSPS) is 12.5. The van der Waals surface area contributed by atoms with Crippen LogP contribution in [-0.4, -0.2) is 0 Å². The first-order chi connectivity index (χ1) is 8.06. The average molecular weight is 331 g/mol. The van der Waals surface area contributed by atoms with E-state index in [-0.39, 0.29) is 6.04 Å². The van der Waals surface area contributed by atoms with Gasteiger partial charge in [0.2, 0.25) is 0 Å². The van der Waals surface area contributed by atoms with Gasteiger partial charge in [0.15, 0.2) is 0 Å². The topological polar surface area (TPSA) is 12.0 Å². The molecule has 2 aromatic rings. The van der Waals surface area contributed by atoms with Gasteiger partial charge in [-0.1, -0.05) is 33.6 Å². The van der Waals surface area contributed by atoms with Gasteiger partial charge in [-0.25, -0.2) is 0 Å². The molecule has 1 heterocycles. The summed E-state index contributed by atoms with van der Waals surface area (Å²) in [5.74, 6) is 0. The van der Waals surface area contributed by atoms with Crippen molar-refractivity contribution in [1.29, 1.82) is 0 Å². The van der Waals surface area contributed by atoms with Crippen molar-refractivity contribution in [2.45, 2.75) is 19.9 Å². The highest BCUT2D eigenvalue weighted by molar-refractivity contribution is 9.10. The number of aryl methyl sites for hydroxylation is 1. The minimum absolute atomic E-state index is 0.266. The van der Waals surface area contributed by atoms with E-state index in [1.165, 1.54) is 10.4 Å². The second-order valence-corrected chi connectivity index (χ2v) is 6.57. The van der Waals surface area contributed by atoms with Crippen LogP contribution < -0.4 is 5.32 Å². The predicted octanol–water partition coefficient (Wildman–Crippen LogP) is 5.65. The van der Waals surface area contributed by atoms with Crippen LogP contribution in [0, 0.1) is 6.92 Å². The molecule has 1 N–H and O–H groups in total. The second kappa shape index (κ2) is 5.42. The molecule has 0 amide bonds. The summed E-state index contributed by atoms with van der Waals surface area (Å²) in [7, 11) is 0. The summed E-state index contributed by atoms with van der Waals surface area (Å²) < 4.78 is 1.96. The first-order valence-corrected chi connectivity index (χ1v) is 7.33. The summed E-state index contributed by atoms with van der Waals surface area (Å²) in [5, 5.41) is 3.46. The summed E-state index contributed by atoms with van der Waals surface area (Å²) in [4.78, 5) is 1.24. The third-order valence-corrected chi connectivity index (χ3v) is 4.84. The van der Waals surface area contributed by atoms with Gasteiger partial charge in [0.25, 0.3) is 0 Å². The number of hydrogen-bond acceptors (Lipinski definition) is 2. The fourth-order valence-electron chi connectivity index (χ4n) is 1.56. The SMILES string of the molecule is Cc1ccc(NC(C)c2ccc(Cl)s2)cc1Br. The Labute approximate surface area is 119 Å². The molecule has 1 nitrogen and oxygen atoms in total. The number of hydrogen-bond donors (Lipinski definition) is 1. The number of benzene rings is 1. The molecule has 90 valence electrons. The highest BCUT2D eigenvalue weighted by Crippen LogP contribution is 2.30. The van der Waals surface area contributed by atoms with Crippen LogP contribution in [0.25, 0.3) is 0 Å². The van der Waals surface area contributed by atoms with Crippen molar-refractivity contribution < 1.29 is 0 Å². The van der Waals surface area contributed by atoms with Crippen LogP contribution in [0.15, 0.2) is 34.8 Å². The summed E-state index contributed by atoms with van der Waals surface area (Å²) in [5.41, 5.74) is 2.35. The van der Waals surface area contributed by atoms with Crippen molar-refractivity contribution in [2.24, 2.45) is 0 Å². The molecule has 2 rings (SSSR count). The van der Waals surface area contributed by atoms with Crippen molar-refractivity contribution in [2.75, 3.05) is 5.32 Å². The molecule has 0 aliphatic carbocycles. The lowest BCUT2D eigenvalue weighted by Crippen LogP contribution is -2.04. The van der Waals surface area contributed by atoms with Gasteiger partial charge in [0.05, 0.1) is 10.4 Å². The van der Waals surface area contributed by atoms with E-state index in [0.717, 1.165) is 14.5 Å². The van der Waals surface area contributed by atoms with Crippen LogP contribution in [0.4, 0.5) is 5.69 Å². The average Bonchev–Trinajstić information content (AvgIpc) is 2.70. The standard InChI is InChI=1S/C13H13BrClNS/c1-8-3-4-10(7-11(8)14)16-9(2)12-5-6-13(15)17-12/h3-7,9,16H,1-2H3. The van der Waals surface area contributed by atoms with Crippen molar-refractivity contribution >= 4 is 44.6 Å². The molecule has 0 radical (unpaired) electrons. The highest BCUT2D eigenvalue weighted by Gasteiger charge is 2.08. The lowest BCUT2D eigenvalue weighted by Gasteiger charge is -2.14. The quantitative estimate of drug-likeness (QED) is 0.767. The monoisotopic (exact) mass is 329 g/mol. The van der Waals surface area contributed by atoms with E-state index in [0.29, 0.717) is 0 Å². The Morgan fingerprint density at radius 1 is 1.29 bits per heavy atom. The van der Waals surface area contributed by atoms with Gasteiger partial charge in [-0.3, -0.25) is 0 Å². The van der Waals surface area contributed by atoms with E-state index < -0.39 is 0 Å². The van der Waals surface area contributed by atoms with E-state index in [1.807, 2.05) is 6.07 Å². The van der Waals surface area contributed by atoms with Gasteiger partial charge in [-0.05, 0) is 43.7 Å². The van der Waals surface area contributed by atoms with E-state index in [9.17, 15) is 0 Å². The molecule has 0 fully saturated rings. The molecular formula is C13H13BrClNS. The minimum atomic E-state index is 0.266. The third kappa shape index (κ3) is 3.24. The Hall–Kier alpha value is -0.510. The third-order valence-electron chi connectivity index (χ3n) is 2.58. The minimum Gasteiger partial charge on any atom is -0.378 e. The van der Waals surface area contributed by atoms with Crippen molar-refractivity contribution in [1.82, 2.24) is 0 Å². The summed E-state index contributed by atoms with van der Waals surface area (Å²) in [6.07, 6.45) is 0. The Balaban J connectivity index is 2.12. The zero-order valence-electron chi connectivity index (χ0n) is 9.63. The smallest absolute Gasteiger partial charge is 0.0932 e. The van der Waals surface area contributed by atoms with Gasteiger partial charge < -0.3 is 5.32 Å². The van der Waals surface area contributed by atoms with Gasteiger partial charge >= 0.3 is 0 Å². The van der Waals surface area contributed by atoms with Crippen molar-refractivity contribution in [3.8, 4) is 0 Å². The van der Waals surface area contributed by atoms with Gasteiger partial charge in [-0.15, -0.1) is 11.3 Å². The fraction of sp³-hybridized carbons (Fsp3) is 0.231. The molecule has 0 spiro atoms. The molecule has 1 aromatic heterocycles. The van der Waals surface area contributed by atoms with Crippen LogP contribution in [0.5, 0.6) is 0 Å². The Bertz CT molecular complexity index is 524. The highest BCUT2D eigenvalue weighted by atomic mass is 79.9. The van der Waals surface area contributed by atoms with Gasteiger partial charge in [0.1, 0.15) is 0 Å². The number of rotatable bonds is 3. The van der Waals surface area contributed by atoms with E-state index in [4.69, 9.17) is 11.6 Å². The fourth-order valence-corrected chi connectivity index (χ4v) is 3.01. The maximum Gasteiger partial charge on any atom is 0.0932 e. The van der Waals surface area contributed by atoms with E-state index >= 15 is 0 Å². The van der Waals surface area contributed by atoms with Gasteiger partial charge in [-0.2, -0.15) is 0 Å². The van der Waals surface area contributed by atoms with Crippen LogP contribution in [-0.2, 0) is 0 Å². The summed E-state index contributed by atoms with van der Waals surface area (Å²) >= 11 is 11.1. The Morgan fingerprint density at radius 2 is 2.06 bits per heavy atom. The Kier molecular flexibility index (Phi) is 4.13. The van der Waals surface area contributed by atoms with Crippen LogP contribution in [0.3, 0.4) is 0 Å². The molecule has 0 aliphatic rings. The molecule has 1 unspecified atom stereocenters. The molecule has 0 saturated heterocycles. The zero-order valence-corrected chi connectivity index (χ0v) is 12.8. The largest absolute Gasteiger partial charge is 0.378 e. The van der Waals surface area contributed by atoms with E-state index in [2.05, 4.69) is 59.4 Å². The van der Waals surface area contributed by atoms with E-state index in [1.54, 1.807) is 11.3 Å². The molecule has 0 saturated carbocycles. The molecule has 0 aliphatic heterocycles. The predicted molar refractivity (Wildman–Crippen MR) is 80.2 cm³/mol. The van der Waals surface area contributed by atoms with Crippen LogP contribution >= 0.6 is 38.9 Å². The molecule has 4 heteroatoms. The maximum atomic E-state index is 5.94. The summed E-state index contributed by atoms with van der Waals surface area (Å²) in [6, 6.07) is 10.5. The maximum absolute atomic E-state index is 5.94. The lowest BCUT2D eigenvalue weighted by atomic mass is 10.2. The number of thiophene rings is 1. The molecular weight excluding hydrogens is 318 g/mol. The molecule has 17 heavy (non-hydrogen) atoms. The zero-order chi connectivity index (χ0) is 12.4. The number of halogens is 2. The van der Waals surface area contributed by atoms with Gasteiger partial charge in [0, 0.05) is 15.0 Å².